The zero-order chi connectivity index (χ0) is 16.0. The van der Waals surface area contributed by atoms with E-state index in [1.54, 1.807) is 0 Å². The normalized spacial score (nSPS) is 14.2. The second kappa shape index (κ2) is 5.38. The van der Waals surface area contributed by atoms with E-state index in [0.29, 0.717) is 19.8 Å². The summed E-state index contributed by atoms with van der Waals surface area (Å²) in [6.07, 6.45) is 0. The Morgan fingerprint density at radius 3 is 3.00 bits per heavy atom. The molecule has 120 valence electrons. The predicted molar refractivity (Wildman–Crippen MR) is 86.4 cm³/mol. The van der Waals surface area contributed by atoms with E-state index < -0.39 is 0 Å². The van der Waals surface area contributed by atoms with E-state index in [1.165, 1.54) is 22.2 Å². The van der Waals surface area contributed by atoms with Crippen LogP contribution in [0, 0.1) is 13.8 Å². The summed E-state index contributed by atoms with van der Waals surface area (Å²) in [4.78, 5) is 0. The van der Waals surface area contributed by atoms with Gasteiger partial charge >= 0.3 is 0 Å². The smallest absolute Gasteiger partial charge is 0.171 e. The molecule has 6 heteroatoms. The van der Waals surface area contributed by atoms with E-state index in [9.17, 15) is 0 Å². The standard InChI is InChI=1S/C17H20N4O2/c1-11-12(2)20(3)15-5-4-13(8-14(11)15)23-10-17-19-18-16-9-22-7-6-21(16)17/h4-5,8H,6-7,9-10H2,1-3H3. The fourth-order valence-corrected chi connectivity index (χ4v) is 3.14. The zero-order valence-corrected chi connectivity index (χ0v) is 13.7. The van der Waals surface area contributed by atoms with E-state index in [1.807, 2.05) is 6.07 Å². The van der Waals surface area contributed by atoms with Crippen LogP contribution in [-0.4, -0.2) is 25.9 Å². The summed E-state index contributed by atoms with van der Waals surface area (Å²) in [6, 6.07) is 6.23. The third kappa shape index (κ3) is 2.30. The highest BCUT2D eigenvalue weighted by molar-refractivity contribution is 5.86. The molecule has 1 aromatic carbocycles. The number of rotatable bonds is 3. The molecule has 0 aliphatic carbocycles. The van der Waals surface area contributed by atoms with Gasteiger partial charge in [-0.3, -0.25) is 0 Å². The summed E-state index contributed by atoms with van der Waals surface area (Å²) >= 11 is 0. The van der Waals surface area contributed by atoms with Gasteiger partial charge in [0.1, 0.15) is 19.0 Å². The van der Waals surface area contributed by atoms with Crippen LogP contribution in [0.4, 0.5) is 0 Å². The maximum absolute atomic E-state index is 5.96. The Hall–Kier alpha value is -2.34. The quantitative estimate of drug-likeness (QED) is 0.745. The van der Waals surface area contributed by atoms with Gasteiger partial charge in [0.05, 0.1) is 6.61 Å². The molecule has 0 fully saturated rings. The summed E-state index contributed by atoms with van der Waals surface area (Å²) in [7, 11) is 2.09. The first-order valence-corrected chi connectivity index (χ1v) is 7.82. The fourth-order valence-electron chi connectivity index (χ4n) is 3.14. The molecule has 1 aliphatic rings. The molecule has 0 amide bonds. The SMILES string of the molecule is Cc1c(C)n(C)c2ccc(OCc3nnc4n3CCOC4)cc12. The van der Waals surface area contributed by atoms with Crippen LogP contribution in [0.2, 0.25) is 0 Å². The van der Waals surface area contributed by atoms with Crippen LogP contribution in [0.3, 0.4) is 0 Å². The van der Waals surface area contributed by atoms with Crippen molar-refractivity contribution in [2.45, 2.75) is 33.6 Å². The second-order valence-electron chi connectivity index (χ2n) is 5.97. The molecular formula is C17H20N4O2. The van der Waals surface area contributed by atoms with Gasteiger partial charge in [-0.2, -0.15) is 0 Å². The highest BCUT2D eigenvalue weighted by atomic mass is 16.5. The monoisotopic (exact) mass is 312 g/mol. The minimum absolute atomic E-state index is 0.420. The first kappa shape index (κ1) is 14.3. The summed E-state index contributed by atoms with van der Waals surface area (Å²) in [6.45, 7) is 6.73. The number of aromatic nitrogens is 4. The van der Waals surface area contributed by atoms with Gasteiger partial charge in [0.2, 0.25) is 0 Å². The van der Waals surface area contributed by atoms with E-state index in [2.05, 4.69) is 52.4 Å². The van der Waals surface area contributed by atoms with Gasteiger partial charge in [0.25, 0.3) is 0 Å². The van der Waals surface area contributed by atoms with Gasteiger partial charge in [0.15, 0.2) is 11.6 Å². The molecule has 23 heavy (non-hydrogen) atoms. The molecule has 3 aromatic rings. The van der Waals surface area contributed by atoms with Gasteiger partial charge in [0, 0.05) is 30.2 Å². The minimum Gasteiger partial charge on any atom is -0.486 e. The Morgan fingerprint density at radius 1 is 1.26 bits per heavy atom. The molecule has 0 radical (unpaired) electrons. The van der Waals surface area contributed by atoms with Gasteiger partial charge in [-0.05, 0) is 37.6 Å². The first-order chi connectivity index (χ1) is 11.1. The summed E-state index contributed by atoms with van der Waals surface area (Å²) < 4.78 is 15.6. The Kier molecular flexibility index (Phi) is 3.34. The Labute approximate surface area is 134 Å². The average molecular weight is 312 g/mol. The van der Waals surface area contributed by atoms with Crippen LogP contribution < -0.4 is 4.74 Å². The van der Waals surface area contributed by atoms with Crippen molar-refractivity contribution in [2.75, 3.05) is 6.61 Å². The summed E-state index contributed by atoms with van der Waals surface area (Å²) in [5.74, 6) is 2.58. The van der Waals surface area contributed by atoms with Crippen molar-refractivity contribution in [3.05, 3.63) is 41.1 Å². The zero-order valence-electron chi connectivity index (χ0n) is 13.7. The number of fused-ring (bicyclic) bond motifs is 2. The molecule has 0 bridgehead atoms. The number of benzene rings is 1. The van der Waals surface area contributed by atoms with Crippen molar-refractivity contribution in [2.24, 2.45) is 7.05 Å². The fraction of sp³-hybridized carbons (Fsp3) is 0.412. The van der Waals surface area contributed by atoms with Crippen molar-refractivity contribution >= 4 is 10.9 Å². The molecule has 0 unspecified atom stereocenters. The van der Waals surface area contributed by atoms with Crippen molar-refractivity contribution in [1.82, 2.24) is 19.3 Å². The third-order valence-corrected chi connectivity index (χ3v) is 4.74. The molecule has 0 N–H and O–H groups in total. The Morgan fingerprint density at radius 2 is 2.13 bits per heavy atom. The minimum atomic E-state index is 0.420. The largest absolute Gasteiger partial charge is 0.486 e. The molecule has 0 saturated carbocycles. The molecule has 0 spiro atoms. The number of aryl methyl sites for hydroxylation is 2. The number of hydrogen-bond acceptors (Lipinski definition) is 4. The van der Waals surface area contributed by atoms with E-state index in [-0.39, 0.29) is 0 Å². The lowest BCUT2D eigenvalue weighted by Gasteiger charge is -2.15. The van der Waals surface area contributed by atoms with Crippen LogP contribution in [0.15, 0.2) is 18.2 Å². The number of nitrogens with zero attached hydrogens (tertiary/aromatic N) is 4. The lowest BCUT2D eigenvalue weighted by Crippen LogP contribution is -2.19. The molecule has 2 aromatic heterocycles. The lowest BCUT2D eigenvalue weighted by molar-refractivity contribution is 0.0794. The maximum Gasteiger partial charge on any atom is 0.171 e. The topological polar surface area (TPSA) is 54.1 Å². The van der Waals surface area contributed by atoms with Crippen molar-refractivity contribution < 1.29 is 9.47 Å². The average Bonchev–Trinajstić information content (AvgIpc) is 3.09. The Bertz CT molecular complexity index is 878. The van der Waals surface area contributed by atoms with Gasteiger partial charge in [-0.15, -0.1) is 10.2 Å². The summed E-state index contributed by atoms with van der Waals surface area (Å²) in [5.41, 5.74) is 3.80. The second-order valence-corrected chi connectivity index (χ2v) is 5.97. The maximum atomic E-state index is 5.96. The van der Waals surface area contributed by atoms with E-state index >= 15 is 0 Å². The van der Waals surface area contributed by atoms with Crippen LogP contribution in [0.5, 0.6) is 5.75 Å². The van der Waals surface area contributed by atoms with Gasteiger partial charge < -0.3 is 18.6 Å². The highest BCUT2D eigenvalue weighted by Crippen LogP contribution is 2.28. The summed E-state index contributed by atoms with van der Waals surface area (Å²) in [5, 5.41) is 9.60. The molecule has 3 heterocycles. The van der Waals surface area contributed by atoms with Crippen LogP contribution in [0.1, 0.15) is 22.9 Å². The lowest BCUT2D eigenvalue weighted by atomic mass is 10.1. The highest BCUT2D eigenvalue weighted by Gasteiger charge is 2.16. The van der Waals surface area contributed by atoms with Gasteiger partial charge in [-0.1, -0.05) is 0 Å². The van der Waals surface area contributed by atoms with E-state index in [0.717, 1.165) is 23.9 Å². The Balaban J connectivity index is 1.59. The molecule has 4 rings (SSSR count). The number of ether oxygens (including phenoxy) is 2. The third-order valence-electron chi connectivity index (χ3n) is 4.74. The molecule has 0 saturated heterocycles. The van der Waals surface area contributed by atoms with Gasteiger partial charge in [-0.25, -0.2) is 0 Å². The van der Waals surface area contributed by atoms with Crippen molar-refractivity contribution in [3.8, 4) is 5.75 Å². The predicted octanol–water partition coefficient (Wildman–Crippen LogP) is 2.50. The van der Waals surface area contributed by atoms with Crippen molar-refractivity contribution in [3.63, 3.8) is 0 Å². The molecular weight excluding hydrogens is 292 g/mol. The van der Waals surface area contributed by atoms with Crippen LogP contribution in [0.25, 0.3) is 10.9 Å². The molecule has 6 nitrogen and oxygen atoms in total. The molecule has 0 atom stereocenters. The molecule has 1 aliphatic heterocycles. The first-order valence-electron chi connectivity index (χ1n) is 7.82. The van der Waals surface area contributed by atoms with Crippen molar-refractivity contribution in [1.29, 1.82) is 0 Å². The van der Waals surface area contributed by atoms with Crippen LogP contribution in [-0.2, 0) is 31.5 Å². The van der Waals surface area contributed by atoms with Crippen LogP contribution >= 0.6 is 0 Å². The van der Waals surface area contributed by atoms with E-state index in [4.69, 9.17) is 9.47 Å². The number of hydrogen-bond donors (Lipinski definition) is 0.